The highest BCUT2D eigenvalue weighted by Crippen LogP contribution is 2.25. The van der Waals surface area contributed by atoms with Gasteiger partial charge < -0.3 is 15.5 Å². The molecule has 5 rings (SSSR count). The molecule has 2 atom stereocenters. The summed E-state index contributed by atoms with van der Waals surface area (Å²) in [5.41, 5.74) is 1.70. The smallest absolute Gasteiger partial charge is 0.274 e. The average Bonchev–Trinajstić information content (AvgIpc) is 3.64. The van der Waals surface area contributed by atoms with E-state index in [1.165, 1.54) is 0 Å². The lowest BCUT2D eigenvalue weighted by atomic mass is 10.0. The van der Waals surface area contributed by atoms with E-state index in [0.717, 1.165) is 11.3 Å². The molecule has 2 N–H and O–H groups in total. The van der Waals surface area contributed by atoms with E-state index in [1.807, 2.05) is 50.4 Å². The molecule has 0 fully saturated rings. The summed E-state index contributed by atoms with van der Waals surface area (Å²) in [5.74, 6) is 1.10. The molecular formula is C30H37N9O3S. The van der Waals surface area contributed by atoms with E-state index < -0.39 is 12.1 Å². The van der Waals surface area contributed by atoms with Gasteiger partial charge >= 0.3 is 0 Å². The molecule has 3 amide bonds. The van der Waals surface area contributed by atoms with Gasteiger partial charge in [0.2, 0.25) is 11.8 Å². The van der Waals surface area contributed by atoms with Crippen molar-refractivity contribution in [3.63, 3.8) is 0 Å². The van der Waals surface area contributed by atoms with Gasteiger partial charge in [0.25, 0.3) is 5.91 Å². The summed E-state index contributed by atoms with van der Waals surface area (Å²) in [5, 5.41) is 15.4. The first-order chi connectivity index (χ1) is 20.8. The Balaban J connectivity index is 1.51. The van der Waals surface area contributed by atoms with Crippen LogP contribution in [0.2, 0.25) is 0 Å². The lowest BCUT2D eigenvalue weighted by Gasteiger charge is -2.27. The molecule has 226 valence electrons. The van der Waals surface area contributed by atoms with E-state index in [9.17, 15) is 14.4 Å². The van der Waals surface area contributed by atoms with E-state index in [1.54, 1.807) is 50.4 Å². The summed E-state index contributed by atoms with van der Waals surface area (Å²) in [6, 6.07) is 11.9. The summed E-state index contributed by atoms with van der Waals surface area (Å²) in [6.45, 7) is 5.00. The Morgan fingerprint density at radius 1 is 1.07 bits per heavy atom. The standard InChI is InChI=1S/C30H37N9O3S/c1-20(2)26-28-34-27(21-9-5-4-6-10-21)36-39(28)17-16-37(30(42)23-19-24-31-13-8-15-38(24)35-23)14-7-11-25(40)32-22(12-18-43-3)29(41)33-26/h4-6,8-10,13,15,19-20,22,26H,7,11-12,14,16-18H2,1-3H3,(H,32,40)(H,33,41)/t22-,26+/m0/s1. The molecule has 0 spiro atoms. The van der Waals surface area contributed by atoms with Gasteiger partial charge in [-0.05, 0) is 36.8 Å². The number of amides is 3. The van der Waals surface area contributed by atoms with Crippen LogP contribution in [0.1, 0.15) is 55.5 Å². The Labute approximate surface area is 254 Å². The zero-order valence-corrected chi connectivity index (χ0v) is 25.5. The number of fused-ring (bicyclic) bond motifs is 2. The van der Waals surface area contributed by atoms with Gasteiger partial charge in [-0.1, -0.05) is 44.2 Å². The van der Waals surface area contributed by atoms with E-state index in [2.05, 4.69) is 20.7 Å². The minimum absolute atomic E-state index is 0.0245. The van der Waals surface area contributed by atoms with Crippen LogP contribution in [-0.2, 0) is 16.1 Å². The normalized spacial score (nSPS) is 18.7. The Hall–Kier alpha value is -4.26. The predicted octanol–water partition coefficient (Wildman–Crippen LogP) is 2.98. The predicted molar refractivity (Wildman–Crippen MR) is 164 cm³/mol. The fourth-order valence-electron chi connectivity index (χ4n) is 5.07. The number of hydrogen-bond acceptors (Lipinski definition) is 8. The van der Waals surface area contributed by atoms with Crippen LogP contribution >= 0.6 is 11.8 Å². The molecule has 12 nitrogen and oxygen atoms in total. The molecule has 0 radical (unpaired) electrons. The summed E-state index contributed by atoms with van der Waals surface area (Å²) >= 11 is 1.62. The number of hydrogen-bond donors (Lipinski definition) is 2. The molecule has 0 saturated carbocycles. The maximum absolute atomic E-state index is 13.7. The van der Waals surface area contributed by atoms with Crippen LogP contribution in [0.25, 0.3) is 17.0 Å². The molecule has 0 unspecified atom stereocenters. The van der Waals surface area contributed by atoms with Crippen LogP contribution in [0.15, 0.2) is 54.9 Å². The maximum atomic E-state index is 13.7. The molecule has 1 aliphatic heterocycles. The molecule has 4 heterocycles. The zero-order valence-electron chi connectivity index (χ0n) is 24.6. The first-order valence-electron chi connectivity index (χ1n) is 14.5. The van der Waals surface area contributed by atoms with Crippen molar-refractivity contribution in [1.29, 1.82) is 0 Å². The van der Waals surface area contributed by atoms with E-state index in [0.29, 0.717) is 49.8 Å². The average molecular weight is 604 g/mol. The van der Waals surface area contributed by atoms with Crippen molar-refractivity contribution in [2.75, 3.05) is 25.1 Å². The van der Waals surface area contributed by atoms with Gasteiger partial charge in [-0.15, -0.1) is 0 Å². The third-order valence-corrected chi connectivity index (χ3v) is 8.04. The second kappa shape index (κ2) is 13.8. The van der Waals surface area contributed by atoms with Gasteiger partial charge in [0.15, 0.2) is 23.0 Å². The van der Waals surface area contributed by atoms with E-state index >= 15 is 0 Å². The summed E-state index contributed by atoms with van der Waals surface area (Å²) in [6.07, 6.45) is 6.47. The quantitative estimate of drug-likeness (QED) is 0.343. The summed E-state index contributed by atoms with van der Waals surface area (Å²) in [7, 11) is 0. The van der Waals surface area contributed by atoms with Gasteiger partial charge in [-0.25, -0.2) is 19.2 Å². The second-order valence-electron chi connectivity index (χ2n) is 10.9. The van der Waals surface area contributed by atoms with Gasteiger partial charge in [-0.3, -0.25) is 14.4 Å². The van der Waals surface area contributed by atoms with Crippen molar-refractivity contribution in [3.8, 4) is 11.4 Å². The third kappa shape index (κ3) is 7.22. The van der Waals surface area contributed by atoms with E-state index in [-0.39, 0.29) is 35.8 Å². The third-order valence-electron chi connectivity index (χ3n) is 7.39. The van der Waals surface area contributed by atoms with Gasteiger partial charge in [-0.2, -0.15) is 22.0 Å². The van der Waals surface area contributed by atoms with Crippen LogP contribution < -0.4 is 10.6 Å². The highest BCUT2D eigenvalue weighted by atomic mass is 32.2. The van der Waals surface area contributed by atoms with Gasteiger partial charge in [0, 0.05) is 43.5 Å². The molecule has 1 aliphatic rings. The first-order valence-corrected chi connectivity index (χ1v) is 15.9. The van der Waals surface area contributed by atoms with Gasteiger partial charge in [0.1, 0.15) is 6.04 Å². The number of aromatic nitrogens is 6. The number of thioether (sulfide) groups is 1. The molecule has 0 bridgehead atoms. The van der Waals surface area contributed by atoms with Crippen LogP contribution in [0.3, 0.4) is 0 Å². The van der Waals surface area contributed by atoms with E-state index in [4.69, 9.17) is 10.1 Å². The molecular weight excluding hydrogens is 566 g/mol. The minimum Gasteiger partial charge on any atom is -0.344 e. The molecule has 0 aliphatic carbocycles. The molecule has 3 aromatic heterocycles. The number of nitrogens with one attached hydrogen (secondary N) is 2. The molecule has 13 heteroatoms. The number of carbonyl (C=O) groups excluding carboxylic acids is 3. The Morgan fingerprint density at radius 3 is 2.63 bits per heavy atom. The number of nitrogens with zero attached hydrogens (tertiary/aromatic N) is 7. The molecule has 0 saturated heterocycles. The van der Waals surface area contributed by atoms with Crippen LogP contribution in [0.5, 0.6) is 0 Å². The zero-order chi connectivity index (χ0) is 30.3. The first kappa shape index (κ1) is 30.2. The van der Waals surface area contributed by atoms with Gasteiger partial charge in [0.05, 0.1) is 12.6 Å². The van der Waals surface area contributed by atoms with Crippen molar-refractivity contribution in [3.05, 3.63) is 66.4 Å². The van der Waals surface area contributed by atoms with Crippen molar-refractivity contribution >= 4 is 35.1 Å². The number of benzene rings is 1. The van der Waals surface area contributed by atoms with Crippen molar-refractivity contribution in [1.82, 2.24) is 44.9 Å². The fraction of sp³-hybridized carbons (Fsp3) is 0.433. The maximum Gasteiger partial charge on any atom is 0.274 e. The summed E-state index contributed by atoms with van der Waals surface area (Å²) in [4.78, 5) is 51.1. The second-order valence-corrected chi connectivity index (χ2v) is 11.8. The molecule has 43 heavy (non-hydrogen) atoms. The lowest BCUT2D eigenvalue weighted by molar-refractivity contribution is -0.129. The molecule has 4 aromatic rings. The van der Waals surface area contributed by atoms with Crippen LogP contribution in [0.4, 0.5) is 0 Å². The van der Waals surface area contributed by atoms with Crippen molar-refractivity contribution in [2.24, 2.45) is 5.92 Å². The number of carbonyl (C=O) groups is 3. The monoisotopic (exact) mass is 603 g/mol. The van der Waals surface area contributed by atoms with Crippen molar-refractivity contribution < 1.29 is 14.4 Å². The Kier molecular flexibility index (Phi) is 9.70. The Bertz CT molecular complexity index is 1540. The topological polar surface area (TPSA) is 139 Å². The highest BCUT2D eigenvalue weighted by Gasteiger charge is 2.30. The summed E-state index contributed by atoms with van der Waals surface area (Å²) < 4.78 is 3.36. The van der Waals surface area contributed by atoms with Crippen molar-refractivity contribution in [2.45, 2.75) is 51.7 Å². The minimum atomic E-state index is -0.683. The Morgan fingerprint density at radius 2 is 1.88 bits per heavy atom. The van der Waals surface area contributed by atoms with Crippen LogP contribution in [0, 0.1) is 5.92 Å². The number of rotatable bonds is 6. The highest BCUT2D eigenvalue weighted by molar-refractivity contribution is 7.98. The SMILES string of the molecule is CSCC[C@@H]1NC(=O)CCCN(C(=O)c2cc3ncccn3n2)CCn2nc(-c3ccccc3)nc2[C@@H](C(C)C)NC1=O. The molecule has 1 aromatic carbocycles. The van der Waals surface area contributed by atoms with Crippen LogP contribution in [-0.4, -0.2) is 83.1 Å². The largest absolute Gasteiger partial charge is 0.344 e. The lowest BCUT2D eigenvalue weighted by Crippen LogP contribution is -2.49. The fourth-order valence-corrected chi connectivity index (χ4v) is 5.54.